The maximum atomic E-state index is 13.5. The number of halogens is 1. The van der Waals surface area contributed by atoms with E-state index in [9.17, 15) is 23.6 Å². The summed E-state index contributed by atoms with van der Waals surface area (Å²) in [5.41, 5.74) is -0.997. The first-order valence-corrected chi connectivity index (χ1v) is 9.17. The van der Waals surface area contributed by atoms with Gasteiger partial charge in [-0.05, 0) is 30.9 Å². The smallest absolute Gasteiger partial charge is 0.326 e. The van der Waals surface area contributed by atoms with Crippen LogP contribution in [0.15, 0.2) is 24.3 Å². The molecule has 1 saturated heterocycles. The zero-order valence-electron chi connectivity index (χ0n) is 15.5. The van der Waals surface area contributed by atoms with Gasteiger partial charge in [0.2, 0.25) is 0 Å². The second-order valence-corrected chi connectivity index (χ2v) is 7.13. The van der Waals surface area contributed by atoms with Crippen molar-refractivity contribution in [1.29, 1.82) is 0 Å². The summed E-state index contributed by atoms with van der Waals surface area (Å²) in [7, 11) is 0. The van der Waals surface area contributed by atoms with E-state index in [4.69, 9.17) is 4.74 Å². The number of amides is 4. The molecule has 1 aromatic rings. The molecule has 2 aliphatic rings. The average Bonchev–Trinajstić information content (AvgIpc) is 2.89. The number of urea groups is 1. The fourth-order valence-electron chi connectivity index (χ4n) is 3.71. The first kappa shape index (κ1) is 19.8. The molecule has 1 aliphatic carbocycles. The van der Waals surface area contributed by atoms with E-state index in [0.717, 1.165) is 24.2 Å². The van der Waals surface area contributed by atoms with Crippen molar-refractivity contribution in [3.8, 4) is 0 Å². The van der Waals surface area contributed by atoms with Gasteiger partial charge in [0.05, 0.1) is 5.69 Å². The lowest BCUT2D eigenvalue weighted by Crippen LogP contribution is -2.54. The third-order valence-corrected chi connectivity index (χ3v) is 5.30. The molecule has 8 nitrogen and oxygen atoms in total. The normalized spacial score (nSPS) is 24.2. The molecular weight excluding hydrogens is 369 g/mol. The Labute approximate surface area is 161 Å². The molecule has 28 heavy (non-hydrogen) atoms. The summed E-state index contributed by atoms with van der Waals surface area (Å²) in [5, 5.41) is 5.01. The van der Waals surface area contributed by atoms with E-state index < -0.39 is 48.3 Å². The molecule has 0 bridgehead atoms. The van der Waals surface area contributed by atoms with Gasteiger partial charge in [-0.2, -0.15) is 0 Å². The minimum Gasteiger partial charge on any atom is -0.454 e. The van der Waals surface area contributed by atoms with Gasteiger partial charge < -0.3 is 15.4 Å². The Balaban J connectivity index is 1.53. The zero-order valence-corrected chi connectivity index (χ0v) is 15.5. The van der Waals surface area contributed by atoms with Crippen molar-refractivity contribution >= 4 is 29.5 Å². The molecule has 4 amide bonds. The Kier molecular flexibility index (Phi) is 5.62. The Bertz CT molecular complexity index is 815. The van der Waals surface area contributed by atoms with E-state index in [1.165, 1.54) is 18.2 Å². The van der Waals surface area contributed by atoms with Gasteiger partial charge in [-0.15, -0.1) is 0 Å². The van der Waals surface area contributed by atoms with Crippen LogP contribution in [0.1, 0.15) is 32.6 Å². The minimum absolute atomic E-state index is 0.0229. The Morgan fingerprint density at radius 2 is 2.07 bits per heavy atom. The third kappa shape index (κ3) is 3.83. The van der Waals surface area contributed by atoms with Crippen molar-refractivity contribution < 1.29 is 28.3 Å². The van der Waals surface area contributed by atoms with E-state index in [1.54, 1.807) is 6.07 Å². The summed E-state index contributed by atoms with van der Waals surface area (Å²) < 4.78 is 18.3. The van der Waals surface area contributed by atoms with E-state index in [2.05, 4.69) is 10.6 Å². The van der Waals surface area contributed by atoms with Crippen molar-refractivity contribution in [3.05, 3.63) is 30.1 Å². The van der Waals surface area contributed by atoms with Crippen molar-refractivity contribution in [1.82, 2.24) is 10.2 Å². The molecule has 1 aliphatic heterocycles. The molecule has 1 heterocycles. The van der Waals surface area contributed by atoms with Crippen LogP contribution in [-0.2, 0) is 19.1 Å². The summed E-state index contributed by atoms with van der Waals surface area (Å²) in [5.74, 6) is -2.70. The van der Waals surface area contributed by atoms with Gasteiger partial charge >= 0.3 is 12.0 Å². The zero-order chi connectivity index (χ0) is 20.3. The van der Waals surface area contributed by atoms with Crippen LogP contribution in [0.2, 0.25) is 0 Å². The summed E-state index contributed by atoms with van der Waals surface area (Å²) in [6.45, 7) is 0.677. The number of rotatable bonds is 5. The van der Waals surface area contributed by atoms with Crippen molar-refractivity contribution in [3.63, 3.8) is 0 Å². The quantitative estimate of drug-likeness (QED) is 0.588. The summed E-state index contributed by atoms with van der Waals surface area (Å²) in [6.07, 6.45) is 3.17. The number of hydrogen-bond donors (Lipinski definition) is 2. The number of esters is 1. The molecule has 2 N–H and O–H groups in total. The topological polar surface area (TPSA) is 105 Å². The summed E-state index contributed by atoms with van der Waals surface area (Å²) >= 11 is 0. The Morgan fingerprint density at radius 1 is 1.32 bits per heavy atom. The van der Waals surface area contributed by atoms with E-state index in [-0.39, 0.29) is 11.6 Å². The number of imide groups is 1. The molecule has 1 spiro atoms. The van der Waals surface area contributed by atoms with E-state index >= 15 is 0 Å². The van der Waals surface area contributed by atoms with Crippen LogP contribution in [0.4, 0.5) is 14.9 Å². The van der Waals surface area contributed by atoms with Crippen molar-refractivity contribution in [2.75, 3.05) is 18.5 Å². The number of carbonyl (C=O) groups is 4. The second kappa shape index (κ2) is 7.95. The number of carbonyl (C=O) groups excluding carboxylic acids is 4. The highest BCUT2D eigenvalue weighted by molar-refractivity contribution is 6.09. The van der Waals surface area contributed by atoms with Gasteiger partial charge in [0.1, 0.15) is 17.9 Å². The van der Waals surface area contributed by atoms with Gasteiger partial charge in [0.25, 0.3) is 11.8 Å². The fraction of sp³-hybridized carbons (Fsp3) is 0.474. The van der Waals surface area contributed by atoms with Crippen molar-refractivity contribution in [2.45, 2.75) is 38.1 Å². The molecule has 9 heteroatoms. The molecule has 150 valence electrons. The van der Waals surface area contributed by atoms with Crippen molar-refractivity contribution in [2.24, 2.45) is 5.92 Å². The number of nitrogens with zero attached hydrogens (tertiary/aromatic N) is 1. The predicted octanol–water partition coefficient (Wildman–Crippen LogP) is 1.81. The largest absolute Gasteiger partial charge is 0.454 e. The predicted molar refractivity (Wildman–Crippen MR) is 96.6 cm³/mol. The van der Waals surface area contributed by atoms with Crippen LogP contribution in [-0.4, -0.2) is 47.4 Å². The summed E-state index contributed by atoms with van der Waals surface area (Å²) in [6, 6.07) is 4.94. The monoisotopic (exact) mass is 391 g/mol. The molecule has 1 aromatic carbocycles. The highest BCUT2D eigenvalue weighted by Crippen LogP contribution is 2.38. The van der Waals surface area contributed by atoms with Crippen LogP contribution in [0.25, 0.3) is 0 Å². The first-order valence-electron chi connectivity index (χ1n) is 9.17. The molecule has 3 rings (SSSR count). The Morgan fingerprint density at radius 3 is 2.79 bits per heavy atom. The highest BCUT2D eigenvalue weighted by Gasteiger charge is 2.55. The lowest BCUT2D eigenvalue weighted by atomic mass is 9.73. The number of nitrogens with one attached hydrogen (secondary N) is 2. The molecule has 1 saturated carbocycles. The fourth-order valence-corrected chi connectivity index (χ4v) is 3.71. The van der Waals surface area contributed by atoms with Gasteiger partial charge in [0, 0.05) is 0 Å². The SMILES string of the molecule is C[C@H]1CCCC[C@]12NC(=O)N(CC(=O)OCC(=O)Nc1ccccc1F)C2=O. The van der Waals surface area contributed by atoms with E-state index in [1.807, 2.05) is 6.92 Å². The number of hydrogen-bond acceptors (Lipinski definition) is 5. The Hall–Kier alpha value is -2.97. The number of ether oxygens (including phenoxy) is 1. The maximum Gasteiger partial charge on any atom is 0.326 e. The van der Waals surface area contributed by atoms with Crippen LogP contribution in [0.3, 0.4) is 0 Å². The number of para-hydroxylation sites is 1. The highest BCUT2D eigenvalue weighted by atomic mass is 19.1. The standard InChI is InChI=1S/C19H22FN3O5/c1-12-6-4-5-9-19(12)17(26)23(18(27)22-19)10-16(25)28-11-15(24)21-14-8-3-2-7-13(14)20/h2-3,7-8,12H,4-6,9-11H2,1H3,(H,21,24)(H,22,27)/t12-,19-/m0/s1. The lowest BCUT2D eigenvalue weighted by molar-refractivity contribution is -0.150. The van der Waals surface area contributed by atoms with Gasteiger partial charge in [0.15, 0.2) is 6.61 Å². The number of benzene rings is 1. The van der Waals surface area contributed by atoms with Gasteiger partial charge in [-0.1, -0.05) is 31.9 Å². The van der Waals surface area contributed by atoms with Gasteiger partial charge in [-0.25, -0.2) is 9.18 Å². The minimum atomic E-state index is -0.960. The number of anilines is 1. The average molecular weight is 391 g/mol. The molecule has 0 unspecified atom stereocenters. The maximum absolute atomic E-state index is 13.5. The van der Waals surface area contributed by atoms with Crippen LogP contribution < -0.4 is 10.6 Å². The molecule has 0 radical (unpaired) electrons. The van der Waals surface area contributed by atoms with Crippen LogP contribution in [0, 0.1) is 11.7 Å². The van der Waals surface area contributed by atoms with Crippen LogP contribution in [0.5, 0.6) is 0 Å². The molecule has 2 fully saturated rings. The third-order valence-electron chi connectivity index (χ3n) is 5.30. The van der Waals surface area contributed by atoms with E-state index in [0.29, 0.717) is 6.42 Å². The molecular formula is C19H22FN3O5. The molecule has 2 atom stereocenters. The molecule has 0 aromatic heterocycles. The van der Waals surface area contributed by atoms with Crippen LogP contribution >= 0.6 is 0 Å². The second-order valence-electron chi connectivity index (χ2n) is 7.13. The summed E-state index contributed by atoms with van der Waals surface area (Å²) in [4.78, 5) is 49.6. The van der Waals surface area contributed by atoms with Gasteiger partial charge in [-0.3, -0.25) is 19.3 Å². The first-order chi connectivity index (χ1) is 13.3. The lowest BCUT2D eigenvalue weighted by Gasteiger charge is -2.36.